The van der Waals surface area contributed by atoms with E-state index in [0.29, 0.717) is 26.2 Å². The third-order valence-electron chi connectivity index (χ3n) is 4.50. The van der Waals surface area contributed by atoms with Crippen LogP contribution in [-0.2, 0) is 20.9 Å². The first kappa shape index (κ1) is 21.2. The van der Waals surface area contributed by atoms with Crippen LogP contribution in [0, 0.1) is 11.3 Å². The lowest BCUT2D eigenvalue weighted by Crippen LogP contribution is -2.33. The average molecular weight is 382 g/mol. The fraction of sp³-hybridized carbons (Fsp3) is 0.381. The van der Waals surface area contributed by atoms with Gasteiger partial charge < -0.3 is 19.5 Å². The zero-order valence-corrected chi connectivity index (χ0v) is 16.6. The van der Waals surface area contributed by atoms with Crippen molar-refractivity contribution in [2.24, 2.45) is 0 Å². The van der Waals surface area contributed by atoms with Crippen LogP contribution in [0.5, 0.6) is 0 Å². The van der Waals surface area contributed by atoms with E-state index in [9.17, 15) is 14.9 Å². The number of nitrogens with zero attached hydrogens (tertiary/aromatic N) is 3. The van der Waals surface area contributed by atoms with Gasteiger partial charge in [-0.15, -0.1) is 0 Å². The molecule has 0 radical (unpaired) electrons. The standard InChI is InChI=1S/C21H26N4O3/c1-4-24(5-2)20(26)15-25-14-17(18-8-6-7-9-19(18)25)12-16(13-22)21(27)23-10-11-28-3/h6-9,12,14H,4-5,10-11,15H2,1-3H3,(H,23,27). The lowest BCUT2D eigenvalue weighted by molar-refractivity contribution is -0.131. The summed E-state index contributed by atoms with van der Waals surface area (Å²) in [5.74, 6) is -0.422. The number of carbonyl (C=O) groups excluding carboxylic acids is 2. The molecule has 0 saturated carbocycles. The monoisotopic (exact) mass is 382 g/mol. The number of rotatable bonds is 9. The minimum atomic E-state index is -0.449. The summed E-state index contributed by atoms with van der Waals surface area (Å²) in [4.78, 5) is 26.5. The Morgan fingerprint density at radius 2 is 2.00 bits per heavy atom. The third-order valence-corrected chi connectivity index (χ3v) is 4.50. The van der Waals surface area contributed by atoms with Crippen molar-refractivity contribution in [2.75, 3.05) is 33.4 Å². The van der Waals surface area contributed by atoms with Gasteiger partial charge in [0.05, 0.1) is 6.61 Å². The number of benzene rings is 1. The number of carbonyl (C=O) groups is 2. The molecule has 2 rings (SSSR count). The van der Waals surface area contributed by atoms with Crippen LogP contribution in [0.2, 0.25) is 0 Å². The van der Waals surface area contributed by atoms with Crippen LogP contribution in [0.1, 0.15) is 19.4 Å². The first-order chi connectivity index (χ1) is 13.5. The first-order valence-electron chi connectivity index (χ1n) is 9.30. The number of para-hydroxylation sites is 1. The first-order valence-corrected chi connectivity index (χ1v) is 9.30. The van der Waals surface area contributed by atoms with Crippen molar-refractivity contribution in [1.29, 1.82) is 5.26 Å². The van der Waals surface area contributed by atoms with Crippen molar-refractivity contribution >= 4 is 28.8 Å². The maximum atomic E-state index is 12.5. The highest BCUT2D eigenvalue weighted by Gasteiger charge is 2.15. The van der Waals surface area contributed by atoms with Gasteiger partial charge in [0, 0.05) is 49.4 Å². The summed E-state index contributed by atoms with van der Waals surface area (Å²) in [5, 5.41) is 12.9. The van der Waals surface area contributed by atoms with Crippen LogP contribution >= 0.6 is 0 Å². The fourth-order valence-electron chi connectivity index (χ4n) is 3.01. The molecule has 148 valence electrons. The number of aromatic nitrogens is 1. The van der Waals surface area contributed by atoms with Gasteiger partial charge in [0.1, 0.15) is 18.2 Å². The van der Waals surface area contributed by atoms with E-state index < -0.39 is 5.91 Å². The Hall–Kier alpha value is -3.11. The molecule has 0 fully saturated rings. The van der Waals surface area contributed by atoms with Crippen LogP contribution in [0.3, 0.4) is 0 Å². The molecule has 1 N–H and O–H groups in total. The van der Waals surface area contributed by atoms with Gasteiger partial charge in [-0.3, -0.25) is 9.59 Å². The summed E-state index contributed by atoms with van der Waals surface area (Å²) in [6, 6.07) is 9.58. The number of methoxy groups -OCH3 is 1. The van der Waals surface area contributed by atoms with Crippen LogP contribution < -0.4 is 5.32 Å². The van der Waals surface area contributed by atoms with Crippen molar-refractivity contribution in [3.63, 3.8) is 0 Å². The van der Waals surface area contributed by atoms with Crippen molar-refractivity contribution < 1.29 is 14.3 Å². The number of hydrogen-bond donors (Lipinski definition) is 1. The molecule has 0 unspecified atom stereocenters. The van der Waals surface area contributed by atoms with Crippen molar-refractivity contribution in [3.8, 4) is 6.07 Å². The average Bonchev–Trinajstić information content (AvgIpc) is 3.04. The molecule has 28 heavy (non-hydrogen) atoms. The molecule has 2 aromatic rings. The largest absolute Gasteiger partial charge is 0.383 e. The van der Waals surface area contributed by atoms with E-state index >= 15 is 0 Å². The minimum absolute atomic E-state index is 0.00840. The smallest absolute Gasteiger partial charge is 0.262 e. The van der Waals surface area contributed by atoms with Crippen LogP contribution in [0.25, 0.3) is 17.0 Å². The second-order valence-corrected chi connectivity index (χ2v) is 6.21. The molecule has 1 aromatic carbocycles. The Kier molecular flexibility index (Phi) is 7.78. The van der Waals surface area contributed by atoms with Crippen molar-refractivity contribution in [2.45, 2.75) is 20.4 Å². The summed E-state index contributed by atoms with van der Waals surface area (Å²) in [6.45, 7) is 6.11. The van der Waals surface area contributed by atoms with E-state index in [2.05, 4.69) is 5.32 Å². The molecule has 0 atom stereocenters. The summed E-state index contributed by atoms with van der Waals surface area (Å²) >= 11 is 0. The van der Waals surface area contributed by atoms with E-state index in [1.54, 1.807) is 18.1 Å². The highest BCUT2D eigenvalue weighted by Crippen LogP contribution is 2.24. The van der Waals surface area contributed by atoms with Gasteiger partial charge >= 0.3 is 0 Å². The lowest BCUT2D eigenvalue weighted by Gasteiger charge is -2.19. The predicted octanol–water partition coefficient (Wildman–Crippen LogP) is 2.18. The second-order valence-electron chi connectivity index (χ2n) is 6.21. The SMILES string of the molecule is CCN(CC)C(=O)Cn1cc(C=C(C#N)C(=O)NCCOC)c2ccccc21. The van der Waals surface area contributed by atoms with Gasteiger partial charge in [-0.25, -0.2) is 0 Å². The molecular weight excluding hydrogens is 356 g/mol. The molecule has 0 aliphatic heterocycles. The van der Waals surface area contributed by atoms with Gasteiger partial charge in [0.2, 0.25) is 5.91 Å². The molecule has 1 aromatic heterocycles. The third kappa shape index (κ3) is 4.99. The van der Waals surface area contributed by atoms with Gasteiger partial charge in [-0.2, -0.15) is 5.26 Å². The fourth-order valence-corrected chi connectivity index (χ4v) is 3.01. The highest BCUT2D eigenvalue weighted by atomic mass is 16.5. The summed E-state index contributed by atoms with van der Waals surface area (Å²) in [7, 11) is 1.54. The second kappa shape index (κ2) is 10.3. The topological polar surface area (TPSA) is 87.4 Å². The molecular formula is C21H26N4O3. The van der Waals surface area contributed by atoms with Crippen LogP contribution in [0.4, 0.5) is 0 Å². The molecule has 2 amide bonds. The van der Waals surface area contributed by atoms with Crippen molar-refractivity contribution in [1.82, 2.24) is 14.8 Å². The number of likely N-dealkylation sites (N-methyl/N-ethyl adjacent to an activating group) is 1. The molecule has 0 saturated heterocycles. The number of nitriles is 1. The Balaban J connectivity index is 2.36. The zero-order chi connectivity index (χ0) is 20.5. The maximum Gasteiger partial charge on any atom is 0.262 e. The summed E-state index contributed by atoms with van der Waals surface area (Å²) < 4.78 is 6.76. The van der Waals surface area contributed by atoms with Gasteiger partial charge in [-0.1, -0.05) is 18.2 Å². The van der Waals surface area contributed by atoms with Crippen LogP contribution in [0.15, 0.2) is 36.0 Å². The minimum Gasteiger partial charge on any atom is -0.383 e. The Labute approximate surface area is 165 Å². The zero-order valence-electron chi connectivity index (χ0n) is 16.6. The molecule has 0 bridgehead atoms. The molecule has 0 aliphatic carbocycles. The van der Waals surface area contributed by atoms with Gasteiger partial charge in [-0.05, 0) is 26.0 Å². The van der Waals surface area contributed by atoms with Gasteiger partial charge in [0.25, 0.3) is 5.91 Å². The predicted molar refractivity (Wildman–Crippen MR) is 108 cm³/mol. The van der Waals surface area contributed by atoms with E-state index in [1.165, 1.54) is 0 Å². The Morgan fingerprint density at radius 3 is 2.64 bits per heavy atom. The van der Waals surface area contributed by atoms with E-state index in [-0.39, 0.29) is 18.0 Å². The van der Waals surface area contributed by atoms with E-state index in [4.69, 9.17) is 4.74 Å². The highest BCUT2D eigenvalue weighted by molar-refractivity contribution is 6.04. The van der Waals surface area contributed by atoms with Crippen LogP contribution in [-0.4, -0.2) is 54.6 Å². The summed E-state index contributed by atoms with van der Waals surface area (Å²) in [5.41, 5.74) is 1.61. The number of hydrogen-bond acceptors (Lipinski definition) is 4. The summed E-state index contributed by atoms with van der Waals surface area (Å²) in [6.07, 6.45) is 3.37. The lowest BCUT2D eigenvalue weighted by atomic mass is 10.1. The molecule has 7 nitrogen and oxygen atoms in total. The van der Waals surface area contributed by atoms with E-state index in [1.807, 2.05) is 54.9 Å². The Morgan fingerprint density at radius 1 is 1.29 bits per heavy atom. The van der Waals surface area contributed by atoms with Gasteiger partial charge in [0.15, 0.2) is 0 Å². The quantitative estimate of drug-likeness (QED) is 0.409. The molecule has 1 heterocycles. The van der Waals surface area contributed by atoms with E-state index in [0.717, 1.165) is 16.5 Å². The number of ether oxygens (including phenoxy) is 1. The Bertz CT molecular complexity index is 904. The maximum absolute atomic E-state index is 12.5. The molecule has 7 heteroatoms. The van der Waals surface area contributed by atoms with Crippen molar-refractivity contribution in [3.05, 3.63) is 41.6 Å². The number of nitrogens with one attached hydrogen (secondary N) is 1. The number of fused-ring (bicyclic) bond motifs is 1. The molecule has 0 spiro atoms. The molecule has 0 aliphatic rings. The normalized spacial score (nSPS) is 11.3. The number of amides is 2.